The summed E-state index contributed by atoms with van der Waals surface area (Å²) in [5, 5.41) is 0. The number of benzene rings is 2. The molecule has 0 saturated heterocycles. The van der Waals surface area contributed by atoms with Crippen molar-refractivity contribution in [3.8, 4) is 5.75 Å². The van der Waals surface area contributed by atoms with Crippen LogP contribution in [0.25, 0.3) is 0 Å². The van der Waals surface area contributed by atoms with Gasteiger partial charge in [-0.2, -0.15) is 0 Å². The molecule has 2 nitrogen and oxygen atoms in total. The number of halogens is 1. The molecule has 0 amide bonds. The lowest BCUT2D eigenvalue weighted by atomic mass is 10.2. The number of anilines is 1. The Balaban J connectivity index is 2.12. The van der Waals surface area contributed by atoms with E-state index in [2.05, 4.69) is 15.9 Å². The first-order valence-corrected chi connectivity index (χ1v) is 6.18. The number of nitrogens with two attached hydrogens (primary N) is 1. The molecule has 2 rings (SSSR count). The van der Waals surface area contributed by atoms with Crippen LogP contribution in [0.4, 0.5) is 5.69 Å². The summed E-state index contributed by atoms with van der Waals surface area (Å²) in [4.78, 5) is 0. The summed E-state index contributed by atoms with van der Waals surface area (Å²) < 4.78 is 6.79. The standard InChI is InChI=1S/C14H14BrNO/c1-10-6-7-12(15)8-14(10)17-9-11-4-2-3-5-13(11)16/h2-8H,9,16H2,1H3. The Hall–Kier alpha value is -1.48. The van der Waals surface area contributed by atoms with Crippen molar-refractivity contribution >= 4 is 21.6 Å². The van der Waals surface area contributed by atoms with Crippen LogP contribution in [0, 0.1) is 6.92 Å². The fourth-order valence-electron chi connectivity index (χ4n) is 1.55. The monoisotopic (exact) mass is 291 g/mol. The molecule has 3 heteroatoms. The van der Waals surface area contributed by atoms with E-state index in [1.165, 1.54) is 0 Å². The lowest BCUT2D eigenvalue weighted by Crippen LogP contribution is -2.00. The minimum Gasteiger partial charge on any atom is -0.489 e. The smallest absolute Gasteiger partial charge is 0.123 e. The molecule has 0 aliphatic heterocycles. The lowest BCUT2D eigenvalue weighted by molar-refractivity contribution is 0.304. The van der Waals surface area contributed by atoms with Gasteiger partial charge in [0.1, 0.15) is 12.4 Å². The van der Waals surface area contributed by atoms with Crippen LogP contribution in [0.15, 0.2) is 46.9 Å². The largest absolute Gasteiger partial charge is 0.489 e. The third-order valence-corrected chi connectivity index (χ3v) is 3.08. The SMILES string of the molecule is Cc1ccc(Br)cc1OCc1ccccc1N. The highest BCUT2D eigenvalue weighted by Crippen LogP contribution is 2.24. The number of aryl methyl sites for hydroxylation is 1. The van der Waals surface area contributed by atoms with Crippen molar-refractivity contribution in [2.45, 2.75) is 13.5 Å². The molecule has 2 N–H and O–H groups in total. The van der Waals surface area contributed by atoms with Crippen LogP contribution in [0.2, 0.25) is 0 Å². The Morgan fingerprint density at radius 1 is 1.18 bits per heavy atom. The fraction of sp³-hybridized carbons (Fsp3) is 0.143. The highest BCUT2D eigenvalue weighted by Gasteiger charge is 2.02. The van der Waals surface area contributed by atoms with Crippen LogP contribution in [-0.2, 0) is 6.61 Å². The number of rotatable bonds is 3. The molecule has 0 heterocycles. The third-order valence-electron chi connectivity index (χ3n) is 2.59. The van der Waals surface area contributed by atoms with E-state index in [4.69, 9.17) is 10.5 Å². The first-order chi connectivity index (χ1) is 8.16. The van der Waals surface area contributed by atoms with E-state index in [1.807, 2.05) is 49.4 Å². The summed E-state index contributed by atoms with van der Waals surface area (Å²) >= 11 is 3.43. The van der Waals surface area contributed by atoms with Crippen molar-refractivity contribution in [1.82, 2.24) is 0 Å². The van der Waals surface area contributed by atoms with Gasteiger partial charge in [-0.1, -0.05) is 40.2 Å². The quantitative estimate of drug-likeness (QED) is 0.870. The summed E-state index contributed by atoms with van der Waals surface area (Å²) in [5.74, 6) is 0.877. The van der Waals surface area contributed by atoms with Crippen molar-refractivity contribution in [1.29, 1.82) is 0 Å². The van der Waals surface area contributed by atoms with Crippen molar-refractivity contribution in [2.24, 2.45) is 0 Å². The Morgan fingerprint density at radius 2 is 1.94 bits per heavy atom. The van der Waals surface area contributed by atoms with Gasteiger partial charge in [-0.05, 0) is 30.7 Å². The molecule has 0 bridgehead atoms. The molecular formula is C14H14BrNO. The van der Waals surface area contributed by atoms with Crippen LogP contribution in [0.1, 0.15) is 11.1 Å². The topological polar surface area (TPSA) is 35.2 Å². The summed E-state index contributed by atoms with van der Waals surface area (Å²) in [6, 6.07) is 13.7. The molecule has 0 aromatic heterocycles. The van der Waals surface area contributed by atoms with Gasteiger partial charge >= 0.3 is 0 Å². The van der Waals surface area contributed by atoms with Crippen LogP contribution in [0.3, 0.4) is 0 Å². The van der Waals surface area contributed by atoms with Gasteiger partial charge < -0.3 is 10.5 Å². The van der Waals surface area contributed by atoms with Crippen LogP contribution < -0.4 is 10.5 Å². The molecule has 2 aromatic carbocycles. The molecule has 88 valence electrons. The average Bonchev–Trinajstić information content (AvgIpc) is 2.32. The number of ether oxygens (including phenoxy) is 1. The Kier molecular flexibility index (Phi) is 3.69. The van der Waals surface area contributed by atoms with Crippen molar-refractivity contribution in [3.05, 3.63) is 58.1 Å². The van der Waals surface area contributed by atoms with E-state index < -0.39 is 0 Å². The lowest BCUT2D eigenvalue weighted by Gasteiger charge is -2.10. The highest BCUT2D eigenvalue weighted by atomic mass is 79.9. The summed E-state index contributed by atoms with van der Waals surface area (Å²) in [5.41, 5.74) is 8.75. The minimum atomic E-state index is 0.490. The fourth-order valence-corrected chi connectivity index (χ4v) is 1.89. The predicted molar refractivity (Wildman–Crippen MR) is 74.1 cm³/mol. The van der Waals surface area contributed by atoms with Gasteiger partial charge in [-0.3, -0.25) is 0 Å². The van der Waals surface area contributed by atoms with E-state index >= 15 is 0 Å². The van der Waals surface area contributed by atoms with E-state index in [1.54, 1.807) is 0 Å². The number of para-hydroxylation sites is 1. The second-order valence-electron chi connectivity index (χ2n) is 3.90. The third kappa shape index (κ3) is 3.01. The maximum atomic E-state index is 5.86. The normalized spacial score (nSPS) is 10.2. The summed E-state index contributed by atoms with van der Waals surface area (Å²) in [7, 11) is 0. The Bertz CT molecular complexity index is 525. The van der Waals surface area contributed by atoms with Crippen molar-refractivity contribution < 1.29 is 4.74 Å². The molecule has 0 aliphatic rings. The molecule has 0 spiro atoms. The van der Waals surface area contributed by atoms with Crippen molar-refractivity contribution in [2.75, 3.05) is 5.73 Å². The number of hydrogen-bond acceptors (Lipinski definition) is 2. The Labute approximate surface area is 110 Å². The zero-order valence-corrected chi connectivity index (χ0v) is 11.2. The molecule has 0 radical (unpaired) electrons. The van der Waals surface area contributed by atoms with E-state index in [-0.39, 0.29) is 0 Å². The molecule has 0 fully saturated rings. The highest BCUT2D eigenvalue weighted by molar-refractivity contribution is 9.10. The van der Waals surface area contributed by atoms with Crippen LogP contribution in [0.5, 0.6) is 5.75 Å². The molecule has 0 atom stereocenters. The minimum absolute atomic E-state index is 0.490. The Morgan fingerprint density at radius 3 is 2.71 bits per heavy atom. The van der Waals surface area contributed by atoms with Gasteiger partial charge in [-0.15, -0.1) is 0 Å². The van der Waals surface area contributed by atoms with Crippen LogP contribution >= 0.6 is 15.9 Å². The van der Waals surface area contributed by atoms with E-state index in [0.717, 1.165) is 27.0 Å². The van der Waals surface area contributed by atoms with Crippen LogP contribution in [-0.4, -0.2) is 0 Å². The van der Waals surface area contributed by atoms with Crippen molar-refractivity contribution in [3.63, 3.8) is 0 Å². The number of hydrogen-bond donors (Lipinski definition) is 1. The number of nitrogen functional groups attached to an aromatic ring is 1. The maximum absolute atomic E-state index is 5.86. The van der Waals surface area contributed by atoms with E-state index in [0.29, 0.717) is 6.61 Å². The van der Waals surface area contributed by atoms with Gasteiger partial charge in [0.2, 0.25) is 0 Å². The van der Waals surface area contributed by atoms with Gasteiger partial charge in [-0.25, -0.2) is 0 Å². The molecule has 0 aliphatic carbocycles. The molecule has 17 heavy (non-hydrogen) atoms. The van der Waals surface area contributed by atoms with Gasteiger partial charge in [0, 0.05) is 15.7 Å². The van der Waals surface area contributed by atoms with Gasteiger partial charge in [0.05, 0.1) is 0 Å². The summed E-state index contributed by atoms with van der Waals surface area (Å²) in [6.07, 6.45) is 0. The maximum Gasteiger partial charge on any atom is 0.123 e. The molecular weight excluding hydrogens is 278 g/mol. The first kappa shape index (κ1) is 12.0. The second-order valence-corrected chi connectivity index (χ2v) is 4.81. The zero-order valence-electron chi connectivity index (χ0n) is 9.61. The summed E-state index contributed by atoms with van der Waals surface area (Å²) in [6.45, 7) is 2.51. The molecule has 0 unspecified atom stereocenters. The molecule has 2 aromatic rings. The average molecular weight is 292 g/mol. The van der Waals surface area contributed by atoms with E-state index in [9.17, 15) is 0 Å². The first-order valence-electron chi connectivity index (χ1n) is 5.39. The molecule has 0 saturated carbocycles. The predicted octanol–water partition coefficient (Wildman–Crippen LogP) is 3.92. The second kappa shape index (κ2) is 5.23. The van der Waals surface area contributed by atoms with Gasteiger partial charge in [0.25, 0.3) is 0 Å². The van der Waals surface area contributed by atoms with Gasteiger partial charge in [0.15, 0.2) is 0 Å². The zero-order chi connectivity index (χ0) is 12.3.